The first kappa shape index (κ1) is 20.4. The number of Topliss-reactive ketones (excluding diaryl/α,β-unsaturated/α-hetero) is 1. The van der Waals surface area contributed by atoms with Crippen LogP contribution in [0.1, 0.15) is 34.8 Å². The van der Waals surface area contributed by atoms with Crippen molar-refractivity contribution < 1.29 is 9.53 Å². The minimum Gasteiger partial charge on any atom is -0.488 e. The number of anilines is 1. The van der Waals surface area contributed by atoms with Gasteiger partial charge >= 0.3 is 5.69 Å². The molecule has 1 N–H and O–H groups in total. The lowest BCUT2D eigenvalue weighted by Gasteiger charge is -2.12. The molecule has 0 spiro atoms. The van der Waals surface area contributed by atoms with Crippen molar-refractivity contribution in [3.63, 3.8) is 0 Å². The molecule has 2 heterocycles. The molecular formula is C24H23N3O4. The van der Waals surface area contributed by atoms with E-state index in [9.17, 15) is 14.4 Å². The van der Waals surface area contributed by atoms with Gasteiger partial charge < -0.3 is 10.1 Å². The number of nitrogens with zero attached hydrogens (tertiary/aromatic N) is 2. The molecule has 0 unspecified atom stereocenters. The van der Waals surface area contributed by atoms with Crippen LogP contribution in [0.2, 0.25) is 0 Å². The third-order valence-corrected chi connectivity index (χ3v) is 5.17. The zero-order valence-corrected chi connectivity index (χ0v) is 17.4. The van der Waals surface area contributed by atoms with Gasteiger partial charge in [-0.15, -0.1) is 0 Å². The van der Waals surface area contributed by atoms with Crippen LogP contribution in [0.3, 0.4) is 0 Å². The summed E-state index contributed by atoms with van der Waals surface area (Å²) in [6, 6.07) is 17.2. The van der Waals surface area contributed by atoms with Crippen molar-refractivity contribution >= 4 is 17.7 Å². The molecule has 1 aliphatic rings. The number of hydrogen-bond donors (Lipinski definition) is 1. The molecular weight excluding hydrogens is 394 g/mol. The Morgan fingerprint density at radius 2 is 1.71 bits per heavy atom. The number of rotatable bonds is 6. The van der Waals surface area contributed by atoms with Crippen molar-refractivity contribution in [3.05, 3.63) is 97.8 Å². The van der Waals surface area contributed by atoms with Gasteiger partial charge in [0.05, 0.1) is 5.70 Å². The minimum atomic E-state index is -0.595. The standard InChI is InChI=1S/C24H23N3O4/c1-3-13-27-22-20(23(29)26(2)24(27)30)21(28)18(25-22)14-17-11-7-8-12-19(17)31-15-16-9-5-4-6-10-16/h4-12,14,25H,3,13,15H2,1-2H3/b18-14-. The second-order valence-electron chi connectivity index (χ2n) is 7.35. The van der Waals surface area contributed by atoms with Crippen molar-refractivity contribution in [3.8, 4) is 5.75 Å². The van der Waals surface area contributed by atoms with Crippen molar-refractivity contribution in [2.24, 2.45) is 7.05 Å². The summed E-state index contributed by atoms with van der Waals surface area (Å²) in [4.78, 5) is 38.2. The number of ether oxygens (including phenoxy) is 1. The van der Waals surface area contributed by atoms with Gasteiger partial charge in [0, 0.05) is 19.2 Å². The highest BCUT2D eigenvalue weighted by Gasteiger charge is 2.32. The summed E-state index contributed by atoms with van der Waals surface area (Å²) >= 11 is 0. The van der Waals surface area contributed by atoms with Gasteiger partial charge in [-0.25, -0.2) is 4.79 Å². The van der Waals surface area contributed by atoms with Crippen LogP contribution in [-0.4, -0.2) is 14.9 Å². The Balaban J connectivity index is 1.70. The number of allylic oxidation sites excluding steroid dienone is 1. The van der Waals surface area contributed by atoms with Crippen molar-refractivity contribution in [2.45, 2.75) is 26.5 Å². The topological polar surface area (TPSA) is 82.3 Å². The maximum Gasteiger partial charge on any atom is 0.332 e. The first-order valence-corrected chi connectivity index (χ1v) is 10.1. The highest BCUT2D eigenvalue weighted by atomic mass is 16.5. The molecule has 0 fully saturated rings. The summed E-state index contributed by atoms with van der Waals surface area (Å²) in [7, 11) is 1.39. The average Bonchev–Trinajstić information content (AvgIpc) is 3.11. The lowest BCUT2D eigenvalue weighted by molar-refractivity contribution is 0.104. The fourth-order valence-electron chi connectivity index (χ4n) is 3.58. The third kappa shape index (κ3) is 3.82. The lowest BCUT2D eigenvalue weighted by atomic mass is 10.1. The number of carbonyl (C=O) groups excluding carboxylic acids is 1. The minimum absolute atomic E-state index is 0.00974. The van der Waals surface area contributed by atoms with Crippen molar-refractivity contribution in [1.82, 2.24) is 9.13 Å². The maximum absolute atomic E-state index is 13.0. The van der Waals surface area contributed by atoms with E-state index in [2.05, 4.69) is 5.32 Å². The average molecular weight is 417 g/mol. The van der Waals surface area contributed by atoms with E-state index in [1.165, 1.54) is 11.6 Å². The summed E-state index contributed by atoms with van der Waals surface area (Å²) in [5, 5.41) is 3.00. The van der Waals surface area contributed by atoms with E-state index in [0.717, 1.165) is 10.1 Å². The van der Waals surface area contributed by atoms with Crippen LogP contribution in [0.25, 0.3) is 6.08 Å². The first-order chi connectivity index (χ1) is 15.0. The molecule has 7 heteroatoms. The summed E-state index contributed by atoms with van der Waals surface area (Å²) in [6.45, 7) is 2.72. The smallest absolute Gasteiger partial charge is 0.332 e. The molecule has 0 saturated carbocycles. The second kappa shape index (κ2) is 8.47. The van der Waals surface area contributed by atoms with Crippen molar-refractivity contribution in [1.29, 1.82) is 0 Å². The van der Waals surface area contributed by atoms with E-state index >= 15 is 0 Å². The number of nitrogens with one attached hydrogen (secondary N) is 1. The molecule has 0 atom stereocenters. The third-order valence-electron chi connectivity index (χ3n) is 5.17. The van der Waals surface area contributed by atoms with E-state index in [1.54, 1.807) is 6.08 Å². The molecule has 0 bridgehead atoms. The van der Waals surface area contributed by atoms with Crippen LogP contribution in [0, 0.1) is 0 Å². The van der Waals surface area contributed by atoms with Gasteiger partial charge in [-0.3, -0.25) is 18.7 Å². The zero-order valence-electron chi connectivity index (χ0n) is 17.4. The van der Waals surface area contributed by atoms with E-state index in [-0.39, 0.29) is 17.1 Å². The lowest BCUT2D eigenvalue weighted by Crippen LogP contribution is -2.40. The summed E-state index contributed by atoms with van der Waals surface area (Å²) in [6.07, 6.45) is 2.35. The molecule has 2 aromatic carbocycles. The van der Waals surface area contributed by atoms with Gasteiger partial charge in [0.2, 0.25) is 5.78 Å². The Kier molecular flexibility index (Phi) is 5.58. The van der Waals surface area contributed by atoms with E-state index in [1.807, 2.05) is 61.5 Å². The fourth-order valence-corrected chi connectivity index (χ4v) is 3.58. The number of aromatic nitrogens is 2. The monoisotopic (exact) mass is 417 g/mol. The molecule has 3 aromatic rings. The Bertz CT molecular complexity index is 1290. The molecule has 0 aliphatic carbocycles. The SMILES string of the molecule is CCCn1c2c(c(=O)n(C)c1=O)C(=O)/C(=C/c1ccccc1OCc1ccccc1)N2. The van der Waals surface area contributed by atoms with Gasteiger partial charge in [-0.05, 0) is 24.1 Å². The number of fused-ring (bicyclic) bond motifs is 1. The Morgan fingerprint density at radius 1 is 1.00 bits per heavy atom. The Labute approximate surface area is 179 Å². The molecule has 0 amide bonds. The molecule has 4 rings (SSSR count). The summed E-state index contributed by atoms with van der Waals surface area (Å²) in [5.41, 5.74) is 0.909. The normalized spacial score (nSPS) is 13.9. The summed E-state index contributed by atoms with van der Waals surface area (Å²) in [5.74, 6) is 0.440. The number of para-hydroxylation sites is 1. The number of benzene rings is 2. The molecule has 0 radical (unpaired) electrons. The van der Waals surface area contributed by atoms with E-state index in [4.69, 9.17) is 4.74 Å². The van der Waals surface area contributed by atoms with Gasteiger partial charge in [0.1, 0.15) is 23.7 Å². The van der Waals surface area contributed by atoms with Gasteiger partial charge in [0.15, 0.2) is 0 Å². The molecule has 31 heavy (non-hydrogen) atoms. The second-order valence-corrected chi connectivity index (χ2v) is 7.35. The fraction of sp³-hybridized carbons (Fsp3) is 0.208. The molecule has 1 aromatic heterocycles. The molecule has 158 valence electrons. The molecule has 1 aliphatic heterocycles. The van der Waals surface area contributed by atoms with E-state index in [0.29, 0.717) is 30.9 Å². The Hall–Kier alpha value is -3.87. The first-order valence-electron chi connectivity index (χ1n) is 10.1. The molecule has 0 saturated heterocycles. The predicted octanol–water partition coefficient (Wildman–Crippen LogP) is 3.19. The number of hydrogen-bond acceptors (Lipinski definition) is 5. The van der Waals surface area contributed by atoms with Gasteiger partial charge in [0.25, 0.3) is 5.56 Å². The predicted molar refractivity (Wildman–Crippen MR) is 119 cm³/mol. The highest BCUT2D eigenvalue weighted by molar-refractivity contribution is 6.19. The van der Waals surface area contributed by atoms with E-state index < -0.39 is 17.0 Å². The largest absolute Gasteiger partial charge is 0.488 e. The zero-order chi connectivity index (χ0) is 22.0. The number of ketones is 1. The van der Waals surface area contributed by atoms with Crippen LogP contribution in [0.5, 0.6) is 5.75 Å². The van der Waals surface area contributed by atoms with Crippen molar-refractivity contribution in [2.75, 3.05) is 5.32 Å². The molecule has 7 nitrogen and oxygen atoms in total. The Morgan fingerprint density at radius 3 is 2.45 bits per heavy atom. The van der Waals surface area contributed by atoms with Crippen LogP contribution >= 0.6 is 0 Å². The van der Waals surface area contributed by atoms with Crippen LogP contribution < -0.4 is 21.3 Å². The maximum atomic E-state index is 13.0. The van der Waals surface area contributed by atoms with Crippen LogP contribution in [0.4, 0.5) is 5.82 Å². The quantitative estimate of drug-likeness (QED) is 0.623. The van der Waals surface area contributed by atoms with Crippen LogP contribution in [-0.2, 0) is 20.2 Å². The number of carbonyl (C=O) groups is 1. The summed E-state index contributed by atoms with van der Waals surface area (Å²) < 4.78 is 8.38. The van der Waals surface area contributed by atoms with Gasteiger partial charge in [-0.1, -0.05) is 55.5 Å². The highest BCUT2D eigenvalue weighted by Crippen LogP contribution is 2.28. The van der Waals surface area contributed by atoms with Gasteiger partial charge in [-0.2, -0.15) is 0 Å². The van der Waals surface area contributed by atoms with Crippen LogP contribution in [0.15, 0.2) is 69.9 Å².